The molecule has 2 bridgehead atoms. The molecule has 2 aliphatic heterocycles. The van der Waals surface area contributed by atoms with Gasteiger partial charge in [0.1, 0.15) is 5.75 Å². The maximum atomic E-state index is 12.5. The number of fused-ring (bicyclic) bond motifs is 2. The predicted octanol–water partition coefficient (Wildman–Crippen LogP) is 2.58. The zero-order valence-electron chi connectivity index (χ0n) is 12.8. The molecule has 1 N–H and O–H groups in total. The first-order valence-corrected chi connectivity index (χ1v) is 7.82. The van der Waals surface area contributed by atoms with E-state index in [0.29, 0.717) is 24.4 Å². The van der Waals surface area contributed by atoms with E-state index < -0.39 is 0 Å². The molecule has 0 radical (unpaired) electrons. The number of anilines is 1. The van der Waals surface area contributed by atoms with Gasteiger partial charge in [0.05, 0.1) is 7.11 Å². The Balaban J connectivity index is 1.61. The van der Waals surface area contributed by atoms with Crippen molar-refractivity contribution in [1.82, 2.24) is 5.32 Å². The number of benzene rings is 1. The minimum Gasteiger partial charge on any atom is -0.497 e. The van der Waals surface area contributed by atoms with E-state index in [1.807, 2.05) is 31.3 Å². The van der Waals surface area contributed by atoms with Crippen LogP contribution in [0.1, 0.15) is 32.1 Å². The van der Waals surface area contributed by atoms with E-state index in [9.17, 15) is 4.79 Å². The van der Waals surface area contributed by atoms with Gasteiger partial charge in [-0.25, -0.2) is 0 Å². The Morgan fingerprint density at radius 2 is 2.05 bits per heavy atom. The van der Waals surface area contributed by atoms with Crippen molar-refractivity contribution >= 4 is 11.6 Å². The fraction of sp³-hybridized carbons (Fsp3) is 0.588. The zero-order chi connectivity index (χ0) is 14.8. The number of nitrogens with one attached hydrogen (secondary N) is 1. The lowest BCUT2D eigenvalue weighted by molar-refractivity contribution is -0.119. The van der Waals surface area contributed by atoms with Crippen molar-refractivity contribution in [1.29, 1.82) is 0 Å². The van der Waals surface area contributed by atoms with Gasteiger partial charge in [-0.1, -0.05) is 6.07 Å². The van der Waals surface area contributed by atoms with Crippen molar-refractivity contribution in [3.63, 3.8) is 0 Å². The normalized spacial score (nSPS) is 27.4. The third-order valence-corrected chi connectivity index (χ3v) is 4.85. The molecular weight excluding hydrogens is 264 g/mol. The number of hydrogen-bond donors (Lipinski definition) is 1. The van der Waals surface area contributed by atoms with Crippen LogP contribution in [-0.4, -0.2) is 32.1 Å². The highest BCUT2D eigenvalue weighted by Crippen LogP contribution is 2.33. The summed E-state index contributed by atoms with van der Waals surface area (Å²) in [5, 5.41) is 3.63. The fourth-order valence-corrected chi connectivity index (χ4v) is 3.69. The van der Waals surface area contributed by atoms with Gasteiger partial charge in [0.15, 0.2) is 0 Å². The summed E-state index contributed by atoms with van der Waals surface area (Å²) in [6, 6.07) is 8.96. The van der Waals surface area contributed by atoms with Gasteiger partial charge in [0, 0.05) is 37.3 Å². The molecule has 1 aromatic carbocycles. The van der Waals surface area contributed by atoms with Gasteiger partial charge in [-0.05, 0) is 43.7 Å². The largest absolute Gasteiger partial charge is 0.497 e. The van der Waals surface area contributed by atoms with Gasteiger partial charge in [0.25, 0.3) is 0 Å². The Labute approximate surface area is 126 Å². The third-order valence-electron chi connectivity index (χ3n) is 4.85. The third kappa shape index (κ3) is 3.21. The van der Waals surface area contributed by atoms with Gasteiger partial charge in [-0.2, -0.15) is 0 Å². The molecule has 2 heterocycles. The van der Waals surface area contributed by atoms with E-state index in [1.54, 1.807) is 12.0 Å². The van der Waals surface area contributed by atoms with Gasteiger partial charge in [-0.3, -0.25) is 4.79 Å². The zero-order valence-corrected chi connectivity index (χ0v) is 12.8. The van der Waals surface area contributed by atoms with Crippen LogP contribution in [0.3, 0.4) is 0 Å². The minimum atomic E-state index is 0.203. The first-order valence-electron chi connectivity index (χ1n) is 7.82. The number of piperidine rings is 1. The Kier molecular flexibility index (Phi) is 4.15. The van der Waals surface area contributed by atoms with E-state index in [0.717, 1.165) is 24.3 Å². The van der Waals surface area contributed by atoms with Crippen molar-refractivity contribution in [2.24, 2.45) is 5.92 Å². The van der Waals surface area contributed by atoms with E-state index in [4.69, 9.17) is 4.74 Å². The Morgan fingerprint density at radius 3 is 2.71 bits per heavy atom. The first-order chi connectivity index (χ1) is 10.2. The molecule has 2 fully saturated rings. The molecule has 0 spiro atoms. The van der Waals surface area contributed by atoms with E-state index >= 15 is 0 Å². The summed E-state index contributed by atoms with van der Waals surface area (Å²) in [6.45, 7) is 0. The SMILES string of the molecule is COc1cccc(N(C)C(=O)CC2CC3CCC(C2)N3)c1. The van der Waals surface area contributed by atoms with Crippen molar-refractivity contribution in [3.05, 3.63) is 24.3 Å². The first kappa shape index (κ1) is 14.4. The Bertz CT molecular complexity index is 505. The summed E-state index contributed by atoms with van der Waals surface area (Å²) in [4.78, 5) is 14.3. The van der Waals surface area contributed by atoms with Gasteiger partial charge in [-0.15, -0.1) is 0 Å². The van der Waals surface area contributed by atoms with E-state index in [2.05, 4.69) is 5.32 Å². The topological polar surface area (TPSA) is 41.6 Å². The molecule has 2 saturated heterocycles. The van der Waals surface area contributed by atoms with Crippen molar-refractivity contribution in [2.45, 2.75) is 44.2 Å². The van der Waals surface area contributed by atoms with Crippen LogP contribution in [0.4, 0.5) is 5.69 Å². The summed E-state index contributed by atoms with van der Waals surface area (Å²) in [5.41, 5.74) is 0.899. The fourth-order valence-electron chi connectivity index (χ4n) is 3.69. The molecule has 0 aliphatic carbocycles. The number of amides is 1. The highest BCUT2D eigenvalue weighted by atomic mass is 16.5. The van der Waals surface area contributed by atoms with Crippen molar-refractivity contribution in [3.8, 4) is 5.75 Å². The Hall–Kier alpha value is -1.55. The smallest absolute Gasteiger partial charge is 0.226 e. The highest BCUT2D eigenvalue weighted by molar-refractivity contribution is 5.93. The molecule has 2 unspecified atom stereocenters. The molecule has 4 heteroatoms. The van der Waals surface area contributed by atoms with Gasteiger partial charge in [0.2, 0.25) is 5.91 Å². The second-order valence-electron chi connectivity index (χ2n) is 6.33. The van der Waals surface area contributed by atoms with Crippen LogP contribution in [0.2, 0.25) is 0 Å². The quantitative estimate of drug-likeness (QED) is 0.926. The number of carbonyl (C=O) groups is 1. The van der Waals surface area contributed by atoms with Crippen LogP contribution in [0.25, 0.3) is 0 Å². The van der Waals surface area contributed by atoms with Crippen LogP contribution < -0.4 is 15.0 Å². The number of carbonyl (C=O) groups excluding carboxylic acids is 1. The average Bonchev–Trinajstić information content (AvgIpc) is 2.85. The average molecular weight is 288 g/mol. The second kappa shape index (κ2) is 6.06. The number of rotatable bonds is 4. The molecule has 2 aliphatic rings. The maximum absolute atomic E-state index is 12.5. The summed E-state index contributed by atoms with van der Waals surface area (Å²) in [7, 11) is 3.50. The number of hydrogen-bond acceptors (Lipinski definition) is 3. The number of nitrogens with zero attached hydrogens (tertiary/aromatic N) is 1. The second-order valence-corrected chi connectivity index (χ2v) is 6.33. The molecule has 2 atom stereocenters. The van der Waals surface area contributed by atoms with Crippen LogP contribution in [-0.2, 0) is 4.79 Å². The van der Waals surface area contributed by atoms with Gasteiger partial charge >= 0.3 is 0 Å². The highest BCUT2D eigenvalue weighted by Gasteiger charge is 2.34. The molecule has 114 valence electrons. The van der Waals surface area contributed by atoms with E-state index in [1.165, 1.54) is 12.8 Å². The number of methoxy groups -OCH3 is 1. The summed E-state index contributed by atoms with van der Waals surface area (Å²) < 4.78 is 5.22. The molecule has 0 saturated carbocycles. The molecule has 3 rings (SSSR count). The lowest BCUT2D eigenvalue weighted by atomic mass is 9.89. The summed E-state index contributed by atoms with van der Waals surface area (Å²) >= 11 is 0. The maximum Gasteiger partial charge on any atom is 0.226 e. The minimum absolute atomic E-state index is 0.203. The molecule has 21 heavy (non-hydrogen) atoms. The molecular formula is C17H24N2O2. The Morgan fingerprint density at radius 1 is 1.33 bits per heavy atom. The molecule has 1 amide bonds. The standard InChI is InChI=1S/C17H24N2O2/c1-19(15-4-3-5-16(11-15)21-2)17(20)10-12-8-13-6-7-14(9-12)18-13/h3-5,11-14,18H,6-10H2,1-2H3. The van der Waals surface area contributed by atoms with Crippen LogP contribution >= 0.6 is 0 Å². The molecule has 1 aromatic rings. The lowest BCUT2D eigenvalue weighted by Crippen LogP contribution is -2.40. The van der Waals surface area contributed by atoms with Crippen molar-refractivity contribution in [2.75, 3.05) is 19.1 Å². The van der Waals surface area contributed by atoms with Crippen molar-refractivity contribution < 1.29 is 9.53 Å². The van der Waals surface area contributed by atoms with Gasteiger partial charge < -0.3 is 15.0 Å². The molecule has 0 aromatic heterocycles. The van der Waals surface area contributed by atoms with E-state index in [-0.39, 0.29) is 5.91 Å². The summed E-state index contributed by atoms with van der Waals surface area (Å²) in [6.07, 6.45) is 5.51. The predicted molar refractivity (Wildman–Crippen MR) is 83.7 cm³/mol. The summed E-state index contributed by atoms with van der Waals surface area (Å²) in [5.74, 6) is 1.52. The monoisotopic (exact) mass is 288 g/mol. The number of ether oxygens (including phenoxy) is 1. The van der Waals surface area contributed by atoms with Crippen LogP contribution in [0, 0.1) is 5.92 Å². The molecule has 4 nitrogen and oxygen atoms in total. The van der Waals surface area contributed by atoms with Crippen LogP contribution in [0.5, 0.6) is 5.75 Å². The van der Waals surface area contributed by atoms with Crippen LogP contribution in [0.15, 0.2) is 24.3 Å². The lowest BCUT2D eigenvalue weighted by Gasteiger charge is -2.30.